The van der Waals surface area contributed by atoms with Crippen molar-refractivity contribution >= 4 is 55.8 Å². The first-order chi connectivity index (χ1) is 16.1. The number of benzene rings is 1. The Morgan fingerprint density at radius 2 is 1.85 bits per heavy atom. The van der Waals surface area contributed by atoms with Crippen molar-refractivity contribution in [2.75, 3.05) is 11.9 Å². The maximum absolute atomic E-state index is 13.1. The van der Waals surface area contributed by atoms with Crippen LogP contribution >= 0.6 is 15.9 Å². The fourth-order valence-electron chi connectivity index (χ4n) is 4.48. The monoisotopic (exact) mass is 510 g/mol. The fraction of sp³-hybridized carbons (Fsp3) is 0.333. The number of hydrogen-bond acceptors (Lipinski definition) is 6. The maximum Gasteiger partial charge on any atom is 0.344 e. The second-order valence-electron chi connectivity index (χ2n) is 8.05. The largest absolute Gasteiger partial charge is 0.462 e. The van der Waals surface area contributed by atoms with E-state index in [2.05, 4.69) is 21.2 Å². The van der Waals surface area contributed by atoms with E-state index in [1.807, 2.05) is 28.8 Å². The van der Waals surface area contributed by atoms with Gasteiger partial charge in [0.1, 0.15) is 16.9 Å². The molecule has 3 aromatic heterocycles. The molecule has 1 amide bonds. The minimum atomic E-state index is -0.544. The summed E-state index contributed by atoms with van der Waals surface area (Å²) < 4.78 is 13.2. The third-order valence-corrected chi connectivity index (χ3v) is 6.37. The molecule has 1 saturated carbocycles. The molecule has 4 aromatic rings. The van der Waals surface area contributed by atoms with Crippen LogP contribution in [-0.4, -0.2) is 33.0 Å². The maximum atomic E-state index is 13.1. The summed E-state index contributed by atoms with van der Waals surface area (Å²) >= 11 is 3.23. The minimum absolute atomic E-state index is 0.0820. The van der Waals surface area contributed by atoms with Gasteiger partial charge in [0, 0.05) is 6.04 Å². The van der Waals surface area contributed by atoms with Gasteiger partial charge in [-0.05, 0) is 60.0 Å². The molecule has 0 aliphatic heterocycles. The molecule has 1 aliphatic rings. The van der Waals surface area contributed by atoms with Crippen molar-refractivity contribution in [1.82, 2.24) is 14.5 Å². The highest BCUT2D eigenvalue weighted by atomic mass is 79.9. The number of hydrogen-bond donors (Lipinski definition) is 1. The number of aromatic nitrogens is 3. The van der Waals surface area contributed by atoms with E-state index in [9.17, 15) is 9.59 Å². The van der Waals surface area contributed by atoms with Crippen molar-refractivity contribution in [2.45, 2.75) is 45.1 Å². The number of anilines is 1. The summed E-state index contributed by atoms with van der Waals surface area (Å²) in [7, 11) is 0. The summed E-state index contributed by atoms with van der Waals surface area (Å²) in [6.45, 7) is 1.95. The van der Waals surface area contributed by atoms with Gasteiger partial charge in [-0.25, -0.2) is 14.8 Å². The van der Waals surface area contributed by atoms with E-state index in [0.29, 0.717) is 27.2 Å². The van der Waals surface area contributed by atoms with Crippen molar-refractivity contribution in [3.63, 3.8) is 0 Å². The van der Waals surface area contributed by atoms with E-state index >= 15 is 0 Å². The first kappa shape index (κ1) is 21.6. The zero-order chi connectivity index (χ0) is 22.9. The summed E-state index contributed by atoms with van der Waals surface area (Å²) in [5.41, 5.74) is 2.61. The zero-order valence-corrected chi connectivity index (χ0v) is 19.7. The molecule has 1 aliphatic carbocycles. The lowest BCUT2D eigenvalue weighted by molar-refractivity contribution is 0.0529. The van der Waals surface area contributed by atoms with Crippen LogP contribution in [-0.2, 0) is 4.74 Å². The molecular weight excluding hydrogens is 488 g/mol. The summed E-state index contributed by atoms with van der Waals surface area (Å²) in [6.07, 6.45) is 5.15. The number of rotatable bonds is 5. The molecule has 170 valence electrons. The van der Waals surface area contributed by atoms with Gasteiger partial charge >= 0.3 is 5.97 Å². The topological polar surface area (TPSA) is 99.2 Å². The van der Waals surface area contributed by atoms with Gasteiger partial charge in [0.25, 0.3) is 5.91 Å². The average molecular weight is 511 g/mol. The molecule has 0 bridgehead atoms. The molecule has 33 heavy (non-hydrogen) atoms. The van der Waals surface area contributed by atoms with Gasteiger partial charge in [0.2, 0.25) is 0 Å². The van der Waals surface area contributed by atoms with Crippen LogP contribution in [0, 0.1) is 0 Å². The molecule has 9 heteroatoms. The summed E-state index contributed by atoms with van der Waals surface area (Å²) in [5, 5.41) is 2.92. The molecule has 0 spiro atoms. The molecule has 0 saturated heterocycles. The number of furan rings is 1. The second-order valence-corrected chi connectivity index (χ2v) is 8.83. The number of carbonyl (C=O) groups excluding carboxylic acids is 2. The molecule has 1 N–H and O–H groups in total. The third kappa shape index (κ3) is 4.01. The molecule has 5 rings (SSSR count). The Morgan fingerprint density at radius 3 is 2.52 bits per heavy atom. The SMILES string of the molecule is CCOC(=O)c1c(NC(=O)c2ccc(Br)o2)n(C2CCCCC2)c2nc3ccccc3nc12. The number of carbonyl (C=O) groups is 2. The normalized spacial score (nSPS) is 14.6. The Labute approximate surface area is 198 Å². The van der Waals surface area contributed by atoms with Gasteiger partial charge in [0.15, 0.2) is 16.1 Å². The molecule has 1 aromatic carbocycles. The highest BCUT2D eigenvalue weighted by molar-refractivity contribution is 9.10. The fourth-order valence-corrected chi connectivity index (χ4v) is 4.79. The summed E-state index contributed by atoms with van der Waals surface area (Å²) in [5.74, 6) is -0.528. The van der Waals surface area contributed by atoms with Gasteiger partial charge in [-0.2, -0.15) is 0 Å². The van der Waals surface area contributed by atoms with Crippen LogP contribution in [0.4, 0.5) is 5.82 Å². The van der Waals surface area contributed by atoms with Gasteiger partial charge in [-0.1, -0.05) is 31.4 Å². The van der Waals surface area contributed by atoms with Crippen LogP contribution in [0.5, 0.6) is 0 Å². The molecule has 1 fully saturated rings. The van der Waals surface area contributed by atoms with E-state index in [0.717, 1.165) is 37.6 Å². The van der Waals surface area contributed by atoms with Crippen LogP contribution in [0.1, 0.15) is 66.0 Å². The molecule has 8 nitrogen and oxygen atoms in total. The van der Waals surface area contributed by atoms with Crippen LogP contribution < -0.4 is 5.32 Å². The summed E-state index contributed by atoms with van der Waals surface area (Å²) in [6, 6.07) is 10.8. The number of ether oxygens (including phenoxy) is 1. The lowest BCUT2D eigenvalue weighted by Crippen LogP contribution is -2.21. The van der Waals surface area contributed by atoms with E-state index in [4.69, 9.17) is 19.1 Å². The number of amides is 1. The third-order valence-electron chi connectivity index (χ3n) is 5.94. The molecule has 0 atom stereocenters. The van der Waals surface area contributed by atoms with E-state index in [-0.39, 0.29) is 24.0 Å². The average Bonchev–Trinajstić information content (AvgIpc) is 3.39. The Bertz CT molecular complexity index is 1350. The van der Waals surface area contributed by atoms with E-state index < -0.39 is 11.9 Å². The number of nitrogens with one attached hydrogen (secondary N) is 1. The summed E-state index contributed by atoms with van der Waals surface area (Å²) in [4.78, 5) is 35.9. The van der Waals surface area contributed by atoms with Gasteiger partial charge in [-0.3, -0.25) is 4.79 Å². The van der Waals surface area contributed by atoms with Gasteiger partial charge in [-0.15, -0.1) is 0 Å². The van der Waals surface area contributed by atoms with Crippen molar-refractivity contribution in [3.8, 4) is 0 Å². The lowest BCUT2D eigenvalue weighted by atomic mass is 9.95. The van der Waals surface area contributed by atoms with Gasteiger partial charge in [0.05, 0.1) is 17.6 Å². The molecule has 0 radical (unpaired) electrons. The van der Waals surface area contributed by atoms with Crippen molar-refractivity contribution in [3.05, 3.63) is 52.4 Å². The smallest absolute Gasteiger partial charge is 0.344 e. The van der Waals surface area contributed by atoms with Crippen LogP contribution in [0.2, 0.25) is 0 Å². The quantitative estimate of drug-likeness (QED) is 0.336. The first-order valence-electron chi connectivity index (χ1n) is 11.1. The van der Waals surface area contributed by atoms with Gasteiger partial charge < -0.3 is 19.0 Å². The Hall–Kier alpha value is -3.20. The van der Waals surface area contributed by atoms with Crippen molar-refractivity contribution < 1.29 is 18.7 Å². The molecule has 3 heterocycles. The van der Waals surface area contributed by atoms with Crippen LogP contribution in [0.15, 0.2) is 45.5 Å². The Morgan fingerprint density at radius 1 is 1.12 bits per heavy atom. The number of nitrogens with zero attached hydrogens (tertiary/aromatic N) is 3. The van der Waals surface area contributed by atoms with Crippen molar-refractivity contribution in [1.29, 1.82) is 0 Å². The second kappa shape index (κ2) is 8.97. The highest BCUT2D eigenvalue weighted by Crippen LogP contribution is 2.39. The standard InChI is InChI=1S/C24H23BrN4O4/c1-2-32-24(31)19-20-22(27-16-11-7-6-10-15(16)26-20)29(14-8-4-3-5-9-14)21(19)28-23(30)17-12-13-18(25)33-17/h6-7,10-14H,2-5,8-9H2,1H3,(H,28,30). The Kier molecular flexibility index (Phi) is 5.88. The highest BCUT2D eigenvalue weighted by Gasteiger charge is 2.32. The predicted molar refractivity (Wildman–Crippen MR) is 127 cm³/mol. The number of fused-ring (bicyclic) bond motifs is 2. The van der Waals surface area contributed by atoms with Crippen molar-refractivity contribution in [2.24, 2.45) is 0 Å². The lowest BCUT2D eigenvalue weighted by Gasteiger charge is -2.26. The number of halogens is 1. The van der Waals surface area contributed by atoms with Crippen LogP contribution in [0.3, 0.4) is 0 Å². The Balaban J connectivity index is 1.76. The van der Waals surface area contributed by atoms with E-state index in [1.165, 1.54) is 0 Å². The first-order valence-corrected chi connectivity index (χ1v) is 11.9. The van der Waals surface area contributed by atoms with E-state index in [1.54, 1.807) is 19.1 Å². The predicted octanol–water partition coefficient (Wildman–Crippen LogP) is 5.87. The minimum Gasteiger partial charge on any atom is -0.462 e. The van der Waals surface area contributed by atoms with Crippen LogP contribution in [0.25, 0.3) is 22.2 Å². The number of esters is 1. The number of para-hydroxylation sites is 2. The molecule has 0 unspecified atom stereocenters. The zero-order valence-electron chi connectivity index (χ0n) is 18.1. The molecular formula is C24H23BrN4O4.